The summed E-state index contributed by atoms with van der Waals surface area (Å²) < 4.78 is 33.7. The summed E-state index contributed by atoms with van der Waals surface area (Å²) in [6.45, 7) is 2.83. The molecule has 2 nitrogen and oxygen atoms in total. The van der Waals surface area contributed by atoms with Gasteiger partial charge >= 0.3 is 0 Å². The smallest absolute Gasteiger partial charge is 0.134 e. The summed E-state index contributed by atoms with van der Waals surface area (Å²) in [5.74, 6) is -0.480. The van der Waals surface area contributed by atoms with Crippen molar-refractivity contribution in [1.29, 1.82) is 0 Å². The molecule has 0 saturated heterocycles. The van der Waals surface area contributed by atoms with E-state index in [0.717, 1.165) is 38.6 Å². The van der Waals surface area contributed by atoms with E-state index in [4.69, 9.17) is 4.74 Å². The van der Waals surface area contributed by atoms with Crippen LogP contribution in [0.5, 0.6) is 5.75 Å². The summed E-state index contributed by atoms with van der Waals surface area (Å²) in [5, 5.41) is 3.35. The molecule has 0 aliphatic heterocycles. The molecule has 0 spiro atoms. The van der Waals surface area contributed by atoms with E-state index in [9.17, 15) is 8.78 Å². The fraction of sp³-hybridized carbons (Fsp3) is 0.647. The van der Waals surface area contributed by atoms with Crippen molar-refractivity contribution >= 4 is 0 Å². The number of hydrogen-bond acceptors (Lipinski definition) is 2. The van der Waals surface area contributed by atoms with Gasteiger partial charge in [-0.05, 0) is 31.7 Å². The maximum atomic E-state index is 14.4. The zero-order valence-electron chi connectivity index (χ0n) is 12.9. The van der Waals surface area contributed by atoms with E-state index in [1.807, 2.05) is 0 Å². The lowest BCUT2D eigenvalue weighted by molar-refractivity contribution is 0.261. The molecule has 1 N–H and O–H groups in total. The highest BCUT2D eigenvalue weighted by Gasteiger charge is 2.29. The maximum absolute atomic E-state index is 14.4. The van der Waals surface area contributed by atoms with Crippen LogP contribution in [0.3, 0.4) is 0 Å². The summed E-state index contributed by atoms with van der Waals surface area (Å²) in [6.07, 6.45) is 6.54. The fourth-order valence-electron chi connectivity index (χ4n) is 3.25. The first kappa shape index (κ1) is 16.2. The van der Waals surface area contributed by atoms with Crippen LogP contribution in [0.2, 0.25) is 0 Å². The number of rotatable bonds is 6. The third-order valence-electron chi connectivity index (χ3n) is 4.33. The second-order valence-electron chi connectivity index (χ2n) is 5.83. The Morgan fingerprint density at radius 1 is 1.19 bits per heavy atom. The SMILES string of the molecule is CCCNC(c1c(F)cc(OC)cc1F)C1CCCCC1. The topological polar surface area (TPSA) is 21.3 Å². The van der Waals surface area contributed by atoms with Crippen LogP contribution >= 0.6 is 0 Å². The minimum Gasteiger partial charge on any atom is -0.497 e. The number of nitrogens with one attached hydrogen (secondary N) is 1. The molecule has 1 unspecified atom stereocenters. The van der Waals surface area contributed by atoms with Crippen molar-refractivity contribution in [3.8, 4) is 5.75 Å². The monoisotopic (exact) mass is 297 g/mol. The summed E-state index contributed by atoms with van der Waals surface area (Å²) in [4.78, 5) is 0. The Kier molecular flexibility index (Phi) is 5.97. The van der Waals surface area contributed by atoms with Gasteiger partial charge in [-0.15, -0.1) is 0 Å². The van der Waals surface area contributed by atoms with Gasteiger partial charge in [-0.2, -0.15) is 0 Å². The van der Waals surface area contributed by atoms with E-state index in [-0.39, 0.29) is 17.4 Å². The quantitative estimate of drug-likeness (QED) is 0.829. The average Bonchev–Trinajstić information content (AvgIpc) is 2.50. The lowest BCUT2D eigenvalue weighted by atomic mass is 9.80. The Bertz CT molecular complexity index is 435. The second-order valence-corrected chi connectivity index (χ2v) is 5.83. The first-order valence-corrected chi connectivity index (χ1v) is 7.93. The van der Waals surface area contributed by atoms with Crippen LogP contribution in [-0.2, 0) is 0 Å². The van der Waals surface area contributed by atoms with E-state index in [0.29, 0.717) is 5.92 Å². The number of benzene rings is 1. The van der Waals surface area contributed by atoms with Gasteiger partial charge in [0.05, 0.1) is 7.11 Å². The molecule has 0 radical (unpaired) electrons. The van der Waals surface area contributed by atoms with Crippen molar-refractivity contribution < 1.29 is 13.5 Å². The van der Waals surface area contributed by atoms with Crippen molar-refractivity contribution in [1.82, 2.24) is 5.32 Å². The maximum Gasteiger partial charge on any atom is 0.134 e. The van der Waals surface area contributed by atoms with Crippen LogP contribution in [0.15, 0.2) is 12.1 Å². The zero-order valence-corrected chi connectivity index (χ0v) is 12.9. The Balaban J connectivity index is 2.30. The molecule has 4 heteroatoms. The van der Waals surface area contributed by atoms with Gasteiger partial charge in [-0.1, -0.05) is 26.2 Å². The molecule has 118 valence electrons. The largest absolute Gasteiger partial charge is 0.497 e. The summed E-state index contributed by atoms with van der Waals surface area (Å²) in [6, 6.07) is 2.32. The van der Waals surface area contributed by atoms with Crippen LogP contribution in [0.4, 0.5) is 8.78 Å². The lowest BCUT2D eigenvalue weighted by Gasteiger charge is -2.32. The molecular formula is C17H25F2NO. The Morgan fingerprint density at radius 2 is 1.81 bits per heavy atom. The Labute approximate surface area is 125 Å². The van der Waals surface area contributed by atoms with Gasteiger partial charge in [0.2, 0.25) is 0 Å². The second kappa shape index (κ2) is 7.74. The van der Waals surface area contributed by atoms with Gasteiger partial charge in [0, 0.05) is 23.7 Å². The molecule has 1 saturated carbocycles. The molecule has 0 aromatic heterocycles. The minimum atomic E-state index is -0.508. The van der Waals surface area contributed by atoms with Gasteiger partial charge in [0.15, 0.2) is 0 Å². The van der Waals surface area contributed by atoms with Crippen LogP contribution in [0.1, 0.15) is 57.1 Å². The molecule has 2 rings (SSSR count). The third-order valence-corrected chi connectivity index (χ3v) is 4.33. The predicted octanol–water partition coefficient (Wildman–Crippen LogP) is 4.59. The molecular weight excluding hydrogens is 272 g/mol. The summed E-state index contributed by atoms with van der Waals surface area (Å²) in [7, 11) is 1.42. The Hall–Kier alpha value is -1.16. The van der Waals surface area contributed by atoms with Crippen LogP contribution in [-0.4, -0.2) is 13.7 Å². The predicted molar refractivity (Wildman–Crippen MR) is 80.5 cm³/mol. The zero-order chi connectivity index (χ0) is 15.2. The van der Waals surface area contributed by atoms with Gasteiger partial charge in [0.1, 0.15) is 17.4 Å². The van der Waals surface area contributed by atoms with E-state index >= 15 is 0 Å². The van der Waals surface area contributed by atoms with Crippen molar-refractivity contribution in [3.05, 3.63) is 29.3 Å². The van der Waals surface area contributed by atoms with Crippen molar-refractivity contribution in [2.75, 3.05) is 13.7 Å². The van der Waals surface area contributed by atoms with Gasteiger partial charge in [-0.25, -0.2) is 8.78 Å². The molecule has 1 aliphatic carbocycles. The van der Waals surface area contributed by atoms with E-state index in [1.54, 1.807) is 0 Å². The normalized spacial score (nSPS) is 17.7. The van der Waals surface area contributed by atoms with Crippen LogP contribution in [0, 0.1) is 17.6 Å². The molecule has 0 amide bonds. The van der Waals surface area contributed by atoms with E-state index in [1.165, 1.54) is 25.7 Å². The minimum absolute atomic E-state index is 0.177. The van der Waals surface area contributed by atoms with Gasteiger partial charge in [-0.3, -0.25) is 0 Å². The molecule has 1 aliphatic rings. The third kappa shape index (κ3) is 3.94. The highest BCUT2D eigenvalue weighted by atomic mass is 19.1. The van der Waals surface area contributed by atoms with Crippen molar-refractivity contribution in [2.45, 2.75) is 51.5 Å². The molecule has 1 aromatic carbocycles. The molecule has 21 heavy (non-hydrogen) atoms. The van der Waals surface area contributed by atoms with Crippen LogP contribution in [0.25, 0.3) is 0 Å². The number of halogens is 2. The standard InChI is InChI=1S/C17H25F2NO/c1-3-9-20-17(12-7-5-4-6-8-12)16-14(18)10-13(21-2)11-15(16)19/h10-12,17,20H,3-9H2,1-2H3. The highest BCUT2D eigenvalue weighted by molar-refractivity contribution is 5.33. The van der Waals surface area contributed by atoms with Gasteiger partial charge in [0.25, 0.3) is 0 Å². The number of hydrogen-bond donors (Lipinski definition) is 1. The first-order chi connectivity index (χ1) is 10.2. The highest BCUT2D eigenvalue weighted by Crippen LogP contribution is 2.37. The summed E-state index contributed by atoms with van der Waals surface area (Å²) >= 11 is 0. The molecule has 1 atom stereocenters. The van der Waals surface area contributed by atoms with Crippen molar-refractivity contribution in [2.24, 2.45) is 5.92 Å². The number of methoxy groups -OCH3 is 1. The summed E-state index contributed by atoms with van der Waals surface area (Å²) in [5.41, 5.74) is 0.177. The lowest BCUT2D eigenvalue weighted by Crippen LogP contribution is -2.32. The average molecular weight is 297 g/mol. The van der Waals surface area contributed by atoms with E-state index < -0.39 is 11.6 Å². The fourth-order valence-corrected chi connectivity index (χ4v) is 3.25. The Morgan fingerprint density at radius 3 is 2.33 bits per heavy atom. The molecule has 1 fully saturated rings. The number of ether oxygens (including phenoxy) is 1. The van der Waals surface area contributed by atoms with E-state index in [2.05, 4.69) is 12.2 Å². The molecule has 1 aromatic rings. The van der Waals surface area contributed by atoms with Gasteiger partial charge < -0.3 is 10.1 Å². The molecule has 0 heterocycles. The molecule has 0 bridgehead atoms. The van der Waals surface area contributed by atoms with Crippen LogP contribution < -0.4 is 10.1 Å². The first-order valence-electron chi connectivity index (χ1n) is 7.93. The van der Waals surface area contributed by atoms with Crippen molar-refractivity contribution in [3.63, 3.8) is 0 Å².